The zero-order valence-electron chi connectivity index (χ0n) is 6.62. The monoisotopic (exact) mass is 165 g/mol. The third kappa shape index (κ3) is 1.88. The summed E-state index contributed by atoms with van der Waals surface area (Å²) in [6.07, 6.45) is 7.93. The Kier molecular flexibility index (Phi) is 2.92. The SMILES string of the molecule is O=C=NC1(N=C=O)C[CH]CCC1. The summed E-state index contributed by atoms with van der Waals surface area (Å²) in [5, 5.41) is 0. The molecule has 0 heterocycles. The lowest BCUT2D eigenvalue weighted by atomic mass is 9.90. The van der Waals surface area contributed by atoms with Crippen LogP contribution in [0.5, 0.6) is 0 Å². The average Bonchev–Trinajstić information content (AvgIpc) is 2.07. The molecule has 0 atom stereocenters. The summed E-state index contributed by atoms with van der Waals surface area (Å²) in [6.45, 7) is 0. The quantitative estimate of drug-likeness (QED) is 0.455. The third-order valence-corrected chi connectivity index (χ3v) is 1.96. The van der Waals surface area contributed by atoms with Crippen LogP contribution in [0.15, 0.2) is 9.98 Å². The number of rotatable bonds is 2. The highest BCUT2D eigenvalue weighted by atomic mass is 16.1. The molecular weight excluding hydrogens is 156 g/mol. The Balaban J connectivity index is 2.82. The van der Waals surface area contributed by atoms with Gasteiger partial charge in [-0.2, -0.15) is 9.98 Å². The Bertz CT molecular complexity index is 224. The molecule has 0 aromatic carbocycles. The molecule has 1 aliphatic rings. The molecule has 1 saturated carbocycles. The normalized spacial score (nSPS) is 20.3. The van der Waals surface area contributed by atoms with E-state index >= 15 is 0 Å². The topological polar surface area (TPSA) is 58.9 Å². The number of hydrogen-bond donors (Lipinski definition) is 0. The summed E-state index contributed by atoms with van der Waals surface area (Å²) in [7, 11) is 0. The second-order valence-electron chi connectivity index (χ2n) is 2.77. The highest BCUT2D eigenvalue weighted by Crippen LogP contribution is 2.31. The van der Waals surface area contributed by atoms with Gasteiger partial charge in [-0.05, 0) is 32.1 Å². The molecule has 12 heavy (non-hydrogen) atoms. The van der Waals surface area contributed by atoms with Crippen LogP contribution in [0.4, 0.5) is 0 Å². The van der Waals surface area contributed by atoms with Crippen molar-refractivity contribution in [3.63, 3.8) is 0 Å². The molecule has 0 unspecified atom stereocenters. The molecule has 0 aliphatic heterocycles. The van der Waals surface area contributed by atoms with Crippen LogP contribution in [0.3, 0.4) is 0 Å². The second-order valence-corrected chi connectivity index (χ2v) is 2.77. The molecule has 0 amide bonds. The van der Waals surface area contributed by atoms with Crippen LogP contribution in [-0.4, -0.2) is 17.8 Å². The number of isocyanates is 2. The fourth-order valence-corrected chi connectivity index (χ4v) is 1.36. The molecule has 63 valence electrons. The smallest absolute Gasteiger partial charge is 0.211 e. The molecule has 0 saturated heterocycles. The Morgan fingerprint density at radius 2 is 1.92 bits per heavy atom. The number of aliphatic imine (C=N–C) groups is 2. The lowest BCUT2D eigenvalue weighted by Gasteiger charge is -2.25. The molecule has 1 radical (unpaired) electrons. The number of nitrogens with zero attached hydrogens (tertiary/aromatic N) is 2. The zero-order chi connectivity index (χ0) is 8.86. The van der Waals surface area contributed by atoms with Gasteiger partial charge in [0.25, 0.3) is 0 Å². The standard InChI is InChI=1S/C8H9N2O2/c11-6-9-8(10-7-12)4-2-1-3-5-8/h2H,1,3-5H2. The summed E-state index contributed by atoms with van der Waals surface area (Å²) in [4.78, 5) is 27.2. The highest BCUT2D eigenvalue weighted by molar-refractivity contribution is 5.39. The van der Waals surface area contributed by atoms with E-state index in [2.05, 4.69) is 9.98 Å². The van der Waals surface area contributed by atoms with Crippen LogP contribution in [0.1, 0.15) is 25.7 Å². The molecule has 0 aromatic heterocycles. The first kappa shape index (κ1) is 8.85. The van der Waals surface area contributed by atoms with E-state index in [1.165, 1.54) is 12.2 Å². The van der Waals surface area contributed by atoms with Crippen LogP contribution in [0.25, 0.3) is 0 Å². The van der Waals surface area contributed by atoms with E-state index in [1.54, 1.807) is 0 Å². The van der Waals surface area contributed by atoms with Crippen LogP contribution in [0.2, 0.25) is 0 Å². The van der Waals surface area contributed by atoms with Gasteiger partial charge < -0.3 is 0 Å². The van der Waals surface area contributed by atoms with Gasteiger partial charge in [-0.3, -0.25) is 0 Å². The first-order chi connectivity index (χ1) is 5.83. The van der Waals surface area contributed by atoms with Crippen LogP contribution in [0, 0.1) is 6.42 Å². The minimum absolute atomic E-state index is 0.539. The molecule has 0 N–H and O–H groups in total. The van der Waals surface area contributed by atoms with Gasteiger partial charge in [-0.25, -0.2) is 9.59 Å². The van der Waals surface area contributed by atoms with E-state index in [4.69, 9.17) is 0 Å². The highest BCUT2D eigenvalue weighted by Gasteiger charge is 2.31. The van der Waals surface area contributed by atoms with E-state index < -0.39 is 5.66 Å². The van der Waals surface area contributed by atoms with Gasteiger partial charge in [0.05, 0.1) is 0 Å². The van der Waals surface area contributed by atoms with Gasteiger partial charge in [0.2, 0.25) is 12.2 Å². The van der Waals surface area contributed by atoms with Crippen molar-refractivity contribution in [3.8, 4) is 0 Å². The lowest BCUT2D eigenvalue weighted by molar-refractivity contribution is 0.353. The zero-order valence-corrected chi connectivity index (χ0v) is 6.62. The summed E-state index contributed by atoms with van der Waals surface area (Å²) < 4.78 is 0. The van der Waals surface area contributed by atoms with E-state index in [-0.39, 0.29) is 0 Å². The van der Waals surface area contributed by atoms with E-state index in [0.717, 1.165) is 12.8 Å². The summed E-state index contributed by atoms with van der Waals surface area (Å²) in [5.74, 6) is 0. The van der Waals surface area contributed by atoms with Crippen molar-refractivity contribution in [2.75, 3.05) is 0 Å². The molecule has 1 rings (SSSR count). The molecule has 4 nitrogen and oxygen atoms in total. The molecule has 1 aliphatic carbocycles. The summed E-state index contributed by atoms with van der Waals surface area (Å²) in [5.41, 5.74) is -0.873. The van der Waals surface area contributed by atoms with Gasteiger partial charge in [0.15, 0.2) is 5.66 Å². The minimum Gasteiger partial charge on any atom is -0.211 e. The van der Waals surface area contributed by atoms with Crippen LogP contribution < -0.4 is 0 Å². The Labute approximate surface area is 70.4 Å². The summed E-state index contributed by atoms with van der Waals surface area (Å²) in [6, 6.07) is 0. The van der Waals surface area contributed by atoms with Gasteiger partial charge in [-0.1, -0.05) is 0 Å². The molecular formula is C8H9N2O2. The van der Waals surface area contributed by atoms with E-state index in [0.29, 0.717) is 12.8 Å². The van der Waals surface area contributed by atoms with Gasteiger partial charge in [0, 0.05) is 0 Å². The van der Waals surface area contributed by atoms with E-state index in [9.17, 15) is 9.59 Å². The predicted octanol–water partition coefficient (Wildman–Crippen LogP) is 1.13. The van der Waals surface area contributed by atoms with Crippen molar-refractivity contribution in [2.45, 2.75) is 31.3 Å². The van der Waals surface area contributed by atoms with Gasteiger partial charge in [0.1, 0.15) is 0 Å². The fourth-order valence-electron chi connectivity index (χ4n) is 1.36. The fraction of sp³-hybridized carbons (Fsp3) is 0.625. The maximum absolute atomic E-state index is 10.1. The number of hydrogen-bond acceptors (Lipinski definition) is 4. The Morgan fingerprint density at radius 3 is 2.33 bits per heavy atom. The molecule has 4 heteroatoms. The minimum atomic E-state index is -0.873. The van der Waals surface area contributed by atoms with E-state index in [1.807, 2.05) is 6.42 Å². The molecule has 1 fully saturated rings. The lowest BCUT2D eigenvalue weighted by Crippen LogP contribution is -2.26. The van der Waals surface area contributed by atoms with Crippen molar-refractivity contribution in [1.29, 1.82) is 0 Å². The molecule has 0 bridgehead atoms. The van der Waals surface area contributed by atoms with Crippen molar-refractivity contribution in [3.05, 3.63) is 6.42 Å². The maximum Gasteiger partial charge on any atom is 0.237 e. The van der Waals surface area contributed by atoms with Crippen LogP contribution >= 0.6 is 0 Å². The Morgan fingerprint density at radius 1 is 1.25 bits per heavy atom. The summed E-state index contributed by atoms with van der Waals surface area (Å²) >= 11 is 0. The first-order valence-electron chi connectivity index (χ1n) is 3.83. The maximum atomic E-state index is 10.1. The molecule has 0 spiro atoms. The van der Waals surface area contributed by atoms with Crippen LogP contribution in [-0.2, 0) is 9.59 Å². The Hall–Kier alpha value is -1.24. The van der Waals surface area contributed by atoms with Crippen molar-refractivity contribution in [1.82, 2.24) is 0 Å². The first-order valence-corrected chi connectivity index (χ1v) is 3.83. The largest absolute Gasteiger partial charge is 0.237 e. The van der Waals surface area contributed by atoms with Crippen molar-refractivity contribution >= 4 is 12.2 Å². The van der Waals surface area contributed by atoms with Gasteiger partial charge in [-0.15, -0.1) is 0 Å². The average molecular weight is 165 g/mol. The van der Waals surface area contributed by atoms with Crippen molar-refractivity contribution < 1.29 is 9.59 Å². The number of carbonyl (C=O) groups excluding carboxylic acids is 2. The second kappa shape index (κ2) is 3.96. The molecule has 0 aromatic rings. The third-order valence-electron chi connectivity index (χ3n) is 1.96. The van der Waals surface area contributed by atoms with Gasteiger partial charge >= 0.3 is 0 Å². The predicted molar refractivity (Wildman–Crippen MR) is 41.7 cm³/mol. The van der Waals surface area contributed by atoms with Crippen molar-refractivity contribution in [2.24, 2.45) is 9.98 Å².